The minimum absolute atomic E-state index is 0.127. The number of nitrogens with two attached hydrogens (primary N) is 1. The topological polar surface area (TPSA) is 96.9 Å². The van der Waals surface area contributed by atoms with Gasteiger partial charge in [0.2, 0.25) is 5.91 Å². The Morgan fingerprint density at radius 3 is 3.10 bits per heavy atom. The van der Waals surface area contributed by atoms with Gasteiger partial charge in [-0.1, -0.05) is 0 Å². The Kier molecular flexibility index (Phi) is 3.70. The third kappa shape index (κ3) is 2.80. The summed E-state index contributed by atoms with van der Waals surface area (Å²) in [5.41, 5.74) is 7.25. The molecule has 0 saturated heterocycles. The molecule has 6 nitrogen and oxygen atoms in total. The van der Waals surface area contributed by atoms with Gasteiger partial charge in [-0.2, -0.15) is 5.10 Å². The van der Waals surface area contributed by atoms with Crippen molar-refractivity contribution in [1.82, 2.24) is 10.2 Å². The van der Waals surface area contributed by atoms with Crippen LogP contribution >= 0.6 is 0 Å². The lowest BCUT2D eigenvalue weighted by Crippen LogP contribution is -2.23. The van der Waals surface area contributed by atoms with Crippen molar-refractivity contribution in [3.8, 4) is 0 Å². The van der Waals surface area contributed by atoms with Gasteiger partial charge in [0.25, 0.3) is 0 Å². The first kappa shape index (κ1) is 13.4. The van der Waals surface area contributed by atoms with Gasteiger partial charge in [0.15, 0.2) is 0 Å². The summed E-state index contributed by atoms with van der Waals surface area (Å²) in [7, 11) is 0. The molecule has 0 spiro atoms. The van der Waals surface area contributed by atoms with Crippen molar-refractivity contribution in [3.63, 3.8) is 0 Å². The molecular weight excluding hydrogens is 268 g/mol. The minimum Gasteiger partial charge on any atom is -0.469 e. The van der Waals surface area contributed by atoms with E-state index in [2.05, 4.69) is 15.5 Å². The molecule has 0 aliphatic rings. The van der Waals surface area contributed by atoms with Gasteiger partial charge in [0.05, 0.1) is 23.9 Å². The molecule has 0 saturated carbocycles. The maximum atomic E-state index is 12.4. The molecule has 1 atom stereocenters. The van der Waals surface area contributed by atoms with Gasteiger partial charge in [-0.05, 0) is 43.3 Å². The number of hydrogen-bond acceptors (Lipinski definition) is 4. The molecule has 1 aromatic carbocycles. The van der Waals surface area contributed by atoms with E-state index in [4.69, 9.17) is 10.2 Å². The van der Waals surface area contributed by atoms with E-state index in [0.717, 1.165) is 16.6 Å². The molecule has 3 rings (SSSR count). The minimum atomic E-state index is -0.384. The van der Waals surface area contributed by atoms with Crippen LogP contribution in [0.1, 0.15) is 18.1 Å². The molecule has 0 aliphatic heterocycles. The van der Waals surface area contributed by atoms with Crippen LogP contribution in [0.15, 0.2) is 47.2 Å². The number of carbonyl (C=O) groups excluding carboxylic acids is 1. The Labute approximate surface area is 121 Å². The molecule has 3 aromatic rings. The van der Waals surface area contributed by atoms with Gasteiger partial charge in [0, 0.05) is 11.1 Å². The number of aromatic nitrogens is 2. The number of rotatable bonds is 5. The Morgan fingerprint density at radius 1 is 1.43 bits per heavy atom. The first-order valence-electron chi connectivity index (χ1n) is 6.75. The molecule has 1 unspecified atom stereocenters. The highest BCUT2D eigenvalue weighted by atomic mass is 16.3. The van der Waals surface area contributed by atoms with Crippen molar-refractivity contribution < 1.29 is 9.21 Å². The maximum Gasteiger partial charge on any atom is 0.235 e. The molecule has 6 heteroatoms. The van der Waals surface area contributed by atoms with E-state index in [1.54, 1.807) is 24.6 Å². The standard InChI is InChI=1S/C15H16N4O2/c16-6-5-12(14-2-1-7-21-14)15(20)18-11-3-4-13-10(8-11)9-17-19-13/h1-4,7-9,12H,5-6,16H2,(H,17,19)(H,18,20). The number of hydrogen-bond donors (Lipinski definition) is 3. The number of nitrogens with zero attached hydrogens (tertiary/aromatic N) is 1. The number of amides is 1. The SMILES string of the molecule is NCCC(C(=O)Nc1ccc2[nH]ncc2c1)c1ccco1. The predicted octanol–water partition coefficient (Wildman–Crippen LogP) is 2.23. The van der Waals surface area contributed by atoms with Crippen molar-refractivity contribution >= 4 is 22.5 Å². The smallest absolute Gasteiger partial charge is 0.235 e. The largest absolute Gasteiger partial charge is 0.469 e. The van der Waals surface area contributed by atoms with Gasteiger partial charge in [-0.15, -0.1) is 0 Å². The molecular formula is C15H16N4O2. The van der Waals surface area contributed by atoms with Crippen LogP contribution in [0.25, 0.3) is 10.9 Å². The highest BCUT2D eigenvalue weighted by molar-refractivity contribution is 5.97. The predicted molar refractivity (Wildman–Crippen MR) is 79.8 cm³/mol. The zero-order chi connectivity index (χ0) is 14.7. The average Bonchev–Trinajstić information content (AvgIpc) is 3.15. The van der Waals surface area contributed by atoms with Crippen LogP contribution in [-0.4, -0.2) is 22.6 Å². The lowest BCUT2D eigenvalue weighted by molar-refractivity contribution is -0.118. The van der Waals surface area contributed by atoms with Crippen LogP contribution in [0, 0.1) is 0 Å². The van der Waals surface area contributed by atoms with Crippen molar-refractivity contribution in [1.29, 1.82) is 0 Å². The normalized spacial score (nSPS) is 12.4. The number of anilines is 1. The van der Waals surface area contributed by atoms with E-state index in [9.17, 15) is 4.79 Å². The molecule has 4 N–H and O–H groups in total. The van der Waals surface area contributed by atoms with Gasteiger partial charge in [-0.25, -0.2) is 0 Å². The molecule has 0 radical (unpaired) electrons. The fourth-order valence-electron chi connectivity index (χ4n) is 2.31. The highest BCUT2D eigenvalue weighted by Crippen LogP contribution is 2.23. The second kappa shape index (κ2) is 5.80. The average molecular weight is 284 g/mol. The highest BCUT2D eigenvalue weighted by Gasteiger charge is 2.22. The zero-order valence-electron chi connectivity index (χ0n) is 11.4. The molecule has 0 fully saturated rings. The van der Waals surface area contributed by atoms with Crippen LogP contribution in [0.4, 0.5) is 5.69 Å². The van der Waals surface area contributed by atoms with Crippen molar-refractivity contribution in [2.24, 2.45) is 5.73 Å². The van der Waals surface area contributed by atoms with E-state index >= 15 is 0 Å². The fraction of sp³-hybridized carbons (Fsp3) is 0.200. The summed E-state index contributed by atoms with van der Waals surface area (Å²) in [4.78, 5) is 12.4. The molecule has 2 aromatic heterocycles. The fourth-order valence-corrected chi connectivity index (χ4v) is 2.31. The maximum absolute atomic E-state index is 12.4. The third-order valence-electron chi connectivity index (χ3n) is 3.37. The van der Waals surface area contributed by atoms with Gasteiger partial charge in [0.1, 0.15) is 5.76 Å². The van der Waals surface area contributed by atoms with Crippen LogP contribution in [-0.2, 0) is 4.79 Å². The van der Waals surface area contributed by atoms with E-state index in [-0.39, 0.29) is 11.8 Å². The Morgan fingerprint density at radius 2 is 2.33 bits per heavy atom. The van der Waals surface area contributed by atoms with Gasteiger partial charge >= 0.3 is 0 Å². The van der Waals surface area contributed by atoms with Gasteiger partial charge in [-0.3, -0.25) is 9.89 Å². The Balaban J connectivity index is 1.80. The lowest BCUT2D eigenvalue weighted by Gasteiger charge is -2.14. The van der Waals surface area contributed by atoms with Crippen molar-refractivity contribution in [2.45, 2.75) is 12.3 Å². The summed E-state index contributed by atoms with van der Waals surface area (Å²) in [6, 6.07) is 9.14. The summed E-state index contributed by atoms with van der Waals surface area (Å²) in [5, 5.41) is 10.7. The molecule has 108 valence electrons. The number of H-pyrrole nitrogens is 1. The van der Waals surface area contributed by atoms with Crippen LogP contribution < -0.4 is 11.1 Å². The van der Waals surface area contributed by atoms with E-state index in [0.29, 0.717) is 18.7 Å². The van der Waals surface area contributed by atoms with E-state index in [1.165, 1.54) is 0 Å². The quantitative estimate of drug-likeness (QED) is 0.669. The second-order valence-electron chi connectivity index (χ2n) is 4.81. The second-order valence-corrected chi connectivity index (χ2v) is 4.81. The summed E-state index contributed by atoms with van der Waals surface area (Å²) in [5.74, 6) is 0.116. The molecule has 21 heavy (non-hydrogen) atoms. The van der Waals surface area contributed by atoms with E-state index < -0.39 is 0 Å². The van der Waals surface area contributed by atoms with Crippen molar-refractivity contribution in [2.75, 3.05) is 11.9 Å². The molecule has 1 amide bonds. The molecule has 2 heterocycles. The van der Waals surface area contributed by atoms with Crippen molar-refractivity contribution in [3.05, 3.63) is 48.6 Å². The van der Waals surface area contributed by atoms with Crippen LogP contribution in [0.5, 0.6) is 0 Å². The number of aromatic amines is 1. The van der Waals surface area contributed by atoms with E-state index in [1.807, 2.05) is 18.2 Å². The number of furan rings is 1. The van der Waals surface area contributed by atoms with Gasteiger partial charge < -0.3 is 15.5 Å². The van der Waals surface area contributed by atoms with Crippen LogP contribution in [0.2, 0.25) is 0 Å². The first-order chi connectivity index (χ1) is 10.3. The number of nitrogens with one attached hydrogen (secondary N) is 2. The zero-order valence-corrected chi connectivity index (χ0v) is 11.4. The Bertz CT molecular complexity index is 733. The Hall–Kier alpha value is -2.60. The monoisotopic (exact) mass is 284 g/mol. The molecule has 0 aliphatic carbocycles. The number of carbonyl (C=O) groups is 1. The summed E-state index contributed by atoms with van der Waals surface area (Å²) in [6.45, 7) is 0.416. The number of benzene rings is 1. The lowest BCUT2D eigenvalue weighted by atomic mass is 10.0. The van der Waals surface area contributed by atoms with Crippen LogP contribution in [0.3, 0.4) is 0 Å². The summed E-state index contributed by atoms with van der Waals surface area (Å²) >= 11 is 0. The summed E-state index contributed by atoms with van der Waals surface area (Å²) in [6.07, 6.45) is 3.81. The number of fused-ring (bicyclic) bond motifs is 1. The summed E-state index contributed by atoms with van der Waals surface area (Å²) < 4.78 is 5.33. The molecule has 0 bridgehead atoms. The third-order valence-corrected chi connectivity index (χ3v) is 3.37. The first-order valence-corrected chi connectivity index (χ1v) is 6.75.